The second-order valence-corrected chi connectivity index (χ2v) is 5.54. The molecule has 0 spiro atoms. The summed E-state index contributed by atoms with van der Waals surface area (Å²) < 4.78 is 15.6. The van der Waals surface area contributed by atoms with Gasteiger partial charge in [-0.25, -0.2) is 0 Å². The van der Waals surface area contributed by atoms with Crippen LogP contribution in [0.2, 0.25) is 5.02 Å². The van der Waals surface area contributed by atoms with E-state index in [1.165, 1.54) is 7.11 Å². The van der Waals surface area contributed by atoms with Crippen LogP contribution in [0.15, 0.2) is 53.1 Å². The van der Waals surface area contributed by atoms with E-state index in [2.05, 4.69) is 10.5 Å². The van der Waals surface area contributed by atoms with Gasteiger partial charge in [-0.1, -0.05) is 16.8 Å². The molecule has 3 rings (SSSR count). The molecule has 0 saturated carbocycles. The molecular formula is C18H15ClN2O4. The lowest BCUT2D eigenvalue weighted by atomic mass is 10.1. The minimum absolute atomic E-state index is 0.155. The zero-order chi connectivity index (χ0) is 17.8. The van der Waals surface area contributed by atoms with Crippen LogP contribution in [0, 0.1) is 0 Å². The smallest absolute Gasteiger partial charge is 0.277 e. The first kappa shape index (κ1) is 16.9. The summed E-state index contributed by atoms with van der Waals surface area (Å²) in [6.07, 6.45) is 0. The van der Waals surface area contributed by atoms with Crippen molar-refractivity contribution in [2.75, 3.05) is 19.5 Å². The lowest BCUT2D eigenvalue weighted by Gasteiger charge is -2.10. The average molecular weight is 359 g/mol. The summed E-state index contributed by atoms with van der Waals surface area (Å²) in [4.78, 5) is 12.4. The van der Waals surface area contributed by atoms with E-state index in [0.29, 0.717) is 28.0 Å². The molecule has 0 aliphatic carbocycles. The highest BCUT2D eigenvalue weighted by Crippen LogP contribution is 2.29. The van der Waals surface area contributed by atoms with E-state index in [1.54, 1.807) is 55.6 Å². The molecule has 1 N–H and O–H groups in total. The molecule has 0 radical (unpaired) electrons. The summed E-state index contributed by atoms with van der Waals surface area (Å²) in [6, 6.07) is 13.7. The Morgan fingerprint density at radius 1 is 1.08 bits per heavy atom. The van der Waals surface area contributed by atoms with Crippen LogP contribution in [0.3, 0.4) is 0 Å². The Bertz CT molecular complexity index is 890. The number of carbonyl (C=O) groups is 1. The minimum Gasteiger partial charge on any atom is -0.497 e. The predicted molar refractivity (Wildman–Crippen MR) is 94.4 cm³/mol. The molecule has 0 bridgehead atoms. The second-order valence-electron chi connectivity index (χ2n) is 5.10. The van der Waals surface area contributed by atoms with Gasteiger partial charge >= 0.3 is 0 Å². The topological polar surface area (TPSA) is 73.6 Å². The summed E-state index contributed by atoms with van der Waals surface area (Å²) >= 11 is 5.86. The van der Waals surface area contributed by atoms with Gasteiger partial charge in [-0.3, -0.25) is 4.79 Å². The van der Waals surface area contributed by atoms with Crippen molar-refractivity contribution in [3.05, 3.63) is 59.2 Å². The highest BCUT2D eigenvalue weighted by Gasteiger charge is 2.16. The summed E-state index contributed by atoms with van der Waals surface area (Å²) in [5.41, 5.74) is 1.44. The summed E-state index contributed by atoms with van der Waals surface area (Å²) in [5.74, 6) is 1.17. The summed E-state index contributed by atoms with van der Waals surface area (Å²) in [6.45, 7) is 0. The Labute approximate surface area is 149 Å². The predicted octanol–water partition coefficient (Wildman–Crippen LogP) is 4.26. The van der Waals surface area contributed by atoms with Crippen LogP contribution in [0.1, 0.15) is 10.5 Å². The molecule has 0 aliphatic heterocycles. The van der Waals surface area contributed by atoms with E-state index in [-0.39, 0.29) is 5.69 Å². The van der Waals surface area contributed by atoms with Gasteiger partial charge in [0.2, 0.25) is 0 Å². The number of nitrogens with zero attached hydrogens (tertiary/aromatic N) is 1. The van der Waals surface area contributed by atoms with Gasteiger partial charge in [0.15, 0.2) is 11.5 Å². The normalized spacial score (nSPS) is 10.4. The fourth-order valence-corrected chi connectivity index (χ4v) is 2.35. The van der Waals surface area contributed by atoms with Gasteiger partial charge < -0.3 is 19.3 Å². The summed E-state index contributed by atoms with van der Waals surface area (Å²) in [5, 5.41) is 7.17. The number of carbonyl (C=O) groups excluding carboxylic acids is 1. The van der Waals surface area contributed by atoms with Crippen molar-refractivity contribution < 1.29 is 18.8 Å². The fraction of sp³-hybridized carbons (Fsp3) is 0.111. The third kappa shape index (κ3) is 3.75. The Balaban J connectivity index is 1.79. The highest BCUT2D eigenvalue weighted by molar-refractivity contribution is 6.30. The second kappa shape index (κ2) is 7.27. The molecule has 2 aromatic carbocycles. The fourth-order valence-electron chi connectivity index (χ4n) is 2.22. The molecular weight excluding hydrogens is 344 g/mol. The molecule has 0 fully saturated rings. The van der Waals surface area contributed by atoms with Gasteiger partial charge in [0.1, 0.15) is 11.5 Å². The van der Waals surface area contributed by atoms with Crippen LogP contribution in [0.5, 0.6) is 11.5 Å². The molecule has 1 aromatic heterocycles. The standard InChI is InChI=1S/C18H15ClN2O4/c1-23-13-7-8-14(17(9-13)24-2)20-18(22)15-10-16(25-21-15)11-3-5-12(19)6-4-11/h3-10H,1-2H3,(H,20,22). The van der Waals surface area contributed by atoms with Crippen molar-refractivity contribution >= 4 is 23.2 Å². The van der Waals surface area contributed by atoms with Crippen molar-refractivity contribution in [2.24, 2.45) is 0 Å². The van der Waals surface area contributed by atoms with Gasteiger partial charge in [-0.2, -0.15) is 0 Å². The summed E-state index contributed by atoms with van der Waals surface area (Å²) in [7, 11) is 3.07. The monoisotopic (exact) mass is 358 g/mol. The maximum absolute atomic E-state index is 12.4. The van der Waals surface area contributed by atoms with Crippen molar-refractivity contribution in [1.29, 1.82) is 0 Å². The van der Waals surface area contributed by atoms with Crippen LogP contribution in [0.25, 0.3) is 11.3 Å². The minimum atomic E-state index is -0.410. The molecule has 0 atom stereocenters. The van der Waals surface area contributed by atoms with Crippen molar-refractivity contribution in [1.82, 2.24) is 5.16 Å². The first-order chi connectivity index (χ1) is 12.1. The van der Waals surface area contributed by atoms with E-state index in [1.807, 2.05) is 0 Å². The number of aromatic nitrogens is 1. The molecule has 0 unspecified atom stereocenters. The molecule has 1 heterocycles. The first-order valence-corrected chi connectivity index (χ1v) is 7.74. The Kier molecular flexibility index (Phi) is 4.90. The van der Waals surface area contributed by atoms with Gasteiger partial charge in [0, 0.05) is 22.7 Å². The Morgan fingerprint density at radius 2 is 1.84 bits per heavy atom. The Morgan fingerprint density at radius 3 is 2.52 bits per heavy atom. The van der Waals surface area contributed by atoms with Gasteiger partial charge in [-0.15, -0.1) is 0 Å². The quantitative estimate of drug-likeness (QED) is 0.737. The van der Waals surface area contributed by atoms with Crippen molar-refractivity contribution in [3.8, 4) is 22.8 Å². The number of hydrogen-bond acceptors (Lipinski definition) is 5. The number of halogens is 1. The number of rotatable bonds is 5. The van der Waals surface area contributed by atoms with Gasteiger partial charge in [-0.05, 0) is 36.4 Å². The molecule has 1 amide bonds. The SMILES string of the molecule is COc1ccc(NC(=O)c2cc(-c3ccc(Cl)cc3)on2)c(OC)c1. The van der Waals surface area contributed by atoms with E-state index in [4.69, 9.17) is 25.6 Å². The Hall–Kier alpha value is -2.99. The first-order valence-electron chi connectivity index (χ1n) is 7.36. The molecule has 25 heavy (non-hydrogen) atoms. The number of amides is 1. The lowest BCUT2D eigenvalue weighted by Crippen LogP contribution is -2.13. The molecule has 6 nitrogen and oxygen atoms in total. The zero-order valence-electron chi connectivity index (χ0n) is 13.6. The van der Waals surface area contributed by atoms with Gasteiger partial charge in [0.05, 0.1) is 19.9 Å². The van der Waals surface area contributed by atoms with Crippen LogP contribution < -0.4 is 14.8 Å². The van der Waals surface area contributed by atoms with E-state index in [9.17, 15) is 4.79 Å². The van der Waals surface area contributed by atoms with Crippen LogP contribution in [-0.2, 0) is 0 Å². The van der Waals surface area contributed by atoms with E-state index >= 15 is 0 Å². The molecule has 7 heteroatoms. The van der Waals surface area contributed by atoms with Crippen LogP contribution in [0.4, 0.5) is 5.69 Å². The molecule has 128 valence electrons. The van der Waals surface area contributed by atoms with Crippen molar-refractivity contribution in [3.63, 3.8) is 0 Å². The lowest BCUT2D eigenvalue weighted by molar-refractivity contribution is 0.101. The number of nitrogens with one attached hydrogen (secondary N) is 1. The number of anilines is 1. The molecule has 0 saturated heterocycles. The number of ether oxygens (including phenoxy) is 2. The van der Waals surface area contributed by atoms with E-state index in [0.717, 1.165) is 5.56 Å². The number of benzene rings is 2. The van der Waals surface area contributed by atoms with Crippen LogP contribution in [-0.4, -0.2) is 25.3 Å². The highest BCUT2D eigenvalue weighted by atomic mass is 35.5. The average Bonchev–Trinajstić information content (AvgIpc) is 3.13. The third-order valence-electron chi connectivity index (χ3n) is 3.53. The van der Waals surface area contributed by atoms with Crippen LogP contribution >= 0.6 is 11.6 Å². The molecule has 3 aromatic rings. The van der Waals surface area contributed by atoms with Crippen molar-refractivity contribution in [2.45, 2.75) is 0 Å². The number of hydrogen-bond donors (Lipinski definition) is 1. The largest absolute Gasteiger partial charge is 0.497 e. The van der Waals surface area contributed by atoms with E-state index < -0.39 is 5.91 Å². The third-order valence-corrected chi connectivity index (χ3v) is 3.78. The maximum Gasteiger partial charge on any atom is 0.277 e. The maximum atomic E-state index is 12.4. The van der Waals surface area contributed by atoms with Gasteiger partial charge in [0.25, 0.3) is 5.91 Å². The zero-order valence-corrected chi connectivity index (χ0v) is 14.3. The molecule has 0 aliphatic rings. The number of methoxy groups -OCH3 is 2.